The zero-order valence-corrected chi connectivity index (χ0v) is 36.7. The van der Waals surface area contributed by atoms with E-state index in [-0.39, 0.29) is 5.57 Å². The van der Waals surface area contributed by atoms with Crippen LogP contribution in [0.15, 0.2) is 116 Å². The van der Waals surface area contributed by atoms with Crippen LogP contribution in [0.3, 0.4) is 0 Å². The molecule has 302 valence electrons. The monoisotopic (exact) mass is 743 g/mol. The van der Waals surface area contributed by atoms with Crippen LogP contribution >= 0.6 is 0 Å². The van der Waals surface area contributed by atoms with Gasteiger partial charge in [0.05, 0.1) is 14.2 Å². The number of allylic oxidation sites excluding steroid dienone is 19. The summed E-state index contributed by atoms with van der Waals surface area (Å²) < 4.78 is 9.34. The molecule has 0 N–H and O–H groups in total. The minimum absolute atomic E-state index is 0.105. The van der Waals surface area contributed by atoms with E-state index in [1.807, 2.05) is 6.92 Å². The van der Waals surface area contributed by atoms with Crippen LogP contribution in [0.4, 0.5) is 0 Å². The van der Waals surface area contributed by atoms with Gasteiger partial charge in [-0.3, -0.25) is 0 Å². The Morgan fingerprint density at radius 3 is 0.778 bits per heavy atom. The summed E-state index contributed by atoms with van der Waals surface area (Å²) in [5.74, 6) is -1.39. The fourth-order valence-electron chi connectivity index (χ4n) is 5.87. The zero-order valence-electron chi connectivity index (χ0n) is 36.7. The molecular formula is C50H78O4. The molecule has 0 aliphatic carbocycles. The molecule has 0 aromatic rings. The first-order valence-electron chi connectivity index (χ1n) is 20.4. The summed E-state index contributed by atoms with van der Waals surface area (Å²) in [4.78, 5) is 23.6. The molecular weight excluding hydrogens is 665 g/mol. The van der Waals surface area contributed by atoms with Gasteiger partial charge in [-0.15, -0.1) is 0 Å². The molecule has 0 heterocycles. The second kappa shape index (κ2) is 31.7. The van der Waals surface area contributed by atoms with Crippen molar-refractivity contribution in [2.45, 2.75) is 172 Å². The second-order valence-corrected chi connectivity index (χ2v) is 15.5. The fourth-order valence-corrected chi connectivity index (χ4v) is 5.87. The Kier molecular flexibility index (Phi) is 29.5. The third-order valence-corrected chi connectivity index (χ3v) is 9.66. The number of carbonyl (C=O) groups is 2. The molecule has 0 aromatic heterocycles. The molecule has 0 aliphatic rings. The van der Waals surface area contributed by atoms with Crippen molar-refractivity contribution in [2.24, 2.45) is 0 Å². The van der Waals surface area contributed by atoms with Crippen LogP contribution in [0.5, 0.6) is 0 Å². The molecule has 0 amide bonds. The lowest BCUT2D eigenvalue weighted by Crippen LogP contribution is -2.15. The summed E-state index contributed by atoms with van der Waals surface area (Å²) in [5, 5.41) is 0. The number of hydrogen-bond donors (Lipinski definition) is 0. The van der Waals surface area contributed by atoms with E-state index in [0.29, 0.717) is 0 Å². The Morgan fingerprint density at radius 1 is 0.333 bits per heavy atom. The molecule has 0 aromatic carbocycles. The first-order chi connectivity index (χ1) is 25.7. The molecule has 0 bridgehead atoms. The van der Waals surface area contributed by atoms with Gasteiger partial charge in [-0.1, -0.05) is 105 Å². The lowest BCUT2D eigenvalue weighted by Gasteiger charge is -2.04. The highest BCUT2D eigenvalue weighted by Gasteiger charge is 2.18. The third-order valence-electron chi connectivity index (χ3n) is 9.66. The fraction of sp³-hybridized carbons (Fsp3) is 0.560. The summed E-state index contributed by atoms with van der Waals surface area (Å²) in [6.07, 6.45) is 40.0. The van der Waals surface area contributed by atoms with E-state index in [4.69, 9.17) is 0 Å². The minimum atomic E-state index is -0.695. The van der Waals surface area contributed by atoms with Gasteiger partial charge in [0.1, 0.15) is 5.57 Å². The lowest BCUT2D eigenvalue weighted by molar-refractivity contribution is -0.144. The molecule has 0 atom stereocenters. The van der Waals surface area contributed by atoms with Crippen molar-refractivity contribution in [3.8, 4) is 0 Å². The van der Waals surface area contributed by atoms with Gasteiger partial charge in [-0.2, -0.15) is 0 Å². The normalized spacial score (nSPS) is 13.9. The van der Waals surface area contributed by atoms with E-state index in [0.717, 1.165) is 95.5 Å². The van der Waals surface area contributed by atoms with Crippen molar-refractivity contribution in [1.82, 2.24) is 0 Å². The predicted molar refractivity (Wildman–Crippen MR) is 235 cm³/mol. The summed E-state index contributed by atoms with van der Waals surface area (Å²) in [5.41, 5.74) is 12.8. The molecule has 54 heavy (non-hydrogen) atoms. The molecule has 0 fully saturated rings. The van der Waals surface area contributed by atoms with E-state index in [2.05, 4.69) is 120 Å². The van der Waals surface area contributed by atoms with Crippen molar-refractivity contribution in [3.05, 3.63) is 116 Å². The van der Waals surface area contributed by atoms with Crippen molar-refractivity contribution >= 4 is 11.9 Å². The average molecular weight is 743 g/mol. The van der Waals surface area contributed by atoms with Crippen LogP contribution in [-0.2, 0) is 19.1 Å². The highest BCUT2D eigenvalue weighted by atomic mass is 16.5. The van der Waals surface area contributed by atoms with Crippen molar-refractivity contribution in [2.75, 3.05) is 14.2 Å². The van der Waals surface area contributed by atoms with E-state index in [1.54, 1.807) is 6.08 Å². The number of hydrogen-bond acceptors (Lipinski definition) is 4. The maximum absolute atomic E-state index is 11.8. The average Bonchev–Trinajstić information content (AvgIpc) is 3.11. The van der Waals surface area contributed by atoms with Gasteiger partial charge in [-0.25, -0.2) is 9.59 Å². The van der Waals surface area contributed by atoms with Crippen LogP contribution < -0.4 is 0 Å². The number of esters is 2. The van der Waals surface area contributed by atoms with Crippen LogP contribution in [0.2, 0.25) is 0 Å². The van der Waals surface area contributed by atoms with Crippen LogP contribution in [0, 0.1) is 0 Å². The Labute approximate surface area is 332 Å². The molecule has 0 spiro atoms. The minimum Gasteiger partial charge on any atom is -0.465 e. The predicted octanol–water partition coefficient (Wildman–Crippen LogP) is 15.0. The summed E-state index contributed by atoms with van der Waals surface area (Å²) in [6, 6.07) is 0. The number of ether oxygens (including phenoxy) is 2. The van der Waals surface area contributed by atoms with E-state index in [9.17, 15) is 9.59 Å². The number of carbonyl (C=O) groups excluding carboxylic acids is 2. The van der Waals surface area contributed by atoms with Crippen molar-refractivity contribution < 1.29 is 19.1 Å². The van der Waals surface area contributed by atoms with Gasteiger partial charge >= 0.3 is 11.9 Å². The topological polar surface area (TPSA) is 52.6 Å². The molecule has 0 saturated carbocycles. The van der Waals surface area contributed by atoms with Crippen LogP contribution in [0.25, 0.3) is 0 Å². The third kappa shape index (κ3) is 28.8. The first kappa shape index (κ1) is 50.3. The van der Waals surface area contributed by atoms with Crippen LogP contribution in [0.1, 0.15) is 172 Å². The Bertz CT molecular complexity index is 1420. The van der Waals surface area contributed by atoms with E-state index >= 15 is 0 Å². The Hall–Kier alpha value is -3.66. The highest BCUT2D eigenvalue weighted by Crippen LogP contribution is 2.18. The smallest absolute Gasteiger partial charge is 0.345 e. The molecule has 0 radical (unpaired) electrons. The standard InChI is InChI=1S/C50H78O4/c1-39(2)21-13-22-40(3)23-14-24-41(4)25-15-26-42(5)27-16-28-43(6)29-17-30-44(7)31-18-32-45(8)33-19-34-46(9)35-20-36-47(10)37-38-48(49(51)53-11)50(52)54-12/h21,23,25,27,29,31,33,35,37-38H,13-20,22,24,26,28,30,32,34,36H2,1-12H3/b40-23+,41-25+,42-27-,43-29-,44-31-,45-33-,46-35-,47-37-. The van der Waals surface area contributed by atoms with Gasteiger partial charge < -0.3 is 9.47 Å². The van der Waals surface area contributed by atoms with E-state index < -0.39 is 11.9 Å². The summed E-state index contributed by atoms with van der Waals surface area (Å²) >= 11 is 0. The maximum Gasteiger partial charge on any atom is 0.345 e. The number of methoxy groups -OCH3 is 2. The SMILES string of the molecule is COC(=O)C(=C/C=C(/C)CC/C=C(/C)CC/C=C(/C)CC/C=C(/C)CC/C=C(/C)CC/C=C(/C)CC/C=C(\C)CC/C=C(\C)CCC=C(C)C)C(=O)OC. The zero-order chi connectivity index (χ0) is 40.7. The van der Waals surface area contributed by atoms with Gasteiger partial charge in [0.15, 0.2) is 0 Å². The molecule has 4 heteroatoms. The Morgan fingerprint density at radius 2 is 0.556 bits per heavy atom. The summed E-state index contributed by atoms with van der Waals surface area (Å²) in [6.45, 7) is 22.2. The van der Waals surface area contributed by atoms with Gasteiger partial charge in [0, 0.05) is 0 Å². The number of rotatable bonds is 27. The molecule has 0 saturated heterocycles. The van der Waals surface area contributed by atoms with Gasteiger partial charge in [0.2, 0.25) is 0 Å². The van der Waals surface area contributed by atoms with Crippen LogP contribution in [-0.4, -0.2) is 26.2 Å². The van der Waals surface area contributed by atoms with Crippen molar-refractivity contribution in [3.63, 3.8) is 0 Å². The molecule has 0 unspecified atom stereocenters. The highest BCUT2D eigenvalue weighted by molar-refractivity contribution is 6.14. The first-order valence-corrected chi connectivity index (χ1v) is 20.4. The Balaban J connectivity index is 4.39. The largest absolute Gasteiger partial charge is 0.465 e. The summed E-state index contributed by atoms with van der Waals surface area (Å²) in [7, 11) is 2.50. The molecule has 0 rings (SSSR count). The van der Waals surface area contributed by atoms with Gasteiger partial charge in [0.25, 0.3) is 0 Å². The van der Waals surface area contributed by atoms with Gasteiger partial charge in [-0.05, 0) is 178 Å². The van der Waals surface area contributed by atoms with E-state index in [1.165, 1.54) is 77.7 Å². The second-order valence-electron chi connectivity index (χ2n) is 15.5. The van der Waals surface area contributed by atoms with Crippen molar-refractivity contribution in [1.29, 1.82) is 0 Å². The lowest BCUT2D eigenvalue weighted by atomic mass is 10.0. The molecule has 4 nitrogen and oxygen atoms in total. The molecule has 0 aliphatic heterocycles. The maximum atomic E-state index is 11.8. The quantitative estimate of drug-likeness (QED) is 0.0210.